The number of nitrogens with zero attached hydrogens (tertiary/aromatic N) is 3. The lowest BCUT2D eigenvalue weighted by atomic mass is 10.2. The lowest BCUT2D eigenvalue weighted by molar-refractivity contribution is 0.173. The molecule has 0 spiro atoms. The molecule has 0 unspecified atom stereocenters. The Kier molecular flexibility index (Phi) is 2.55. The van der Waals surface area contributed by atoms with Crippen molar-refractivity contribution in [2.75, 3.05) is 12.8 Å². The third kappa shape index (κ3) is 1.60. The highest BCUT2D eigenvalue weighted by atomic mass is 16.5. The number of anilines is 1. The minimum absolute atomic E-state index is 0.00528. The van der Waals surface area contributed by atoms with E-state index in [9.17, 15) is 4.79 Å². The maximum absolute atomic E-state index is 11.5. The fraction of sp³-hybridized carbons (Fsp3) is 0.100. The Morgan fingerprint density at radius 1 is 1.31 bits per heavy atom. The molecule has 6 heteroatoms. The van der Waals surface area contributed by atoms with E-state index in [1.54, 1.807) is 0 Å². The van der Waals surface area contributed by atoms with Crippen LogP contribution in [0, 0.1) is 0 Å². The van der Waals surface area contributed by atoms with Gasteiger partial charge in [0.05, 0.1) is 7.11 Å². The summed E-state index contributed by atoms with van der Waals surface area (Å²) < 4.78 is 5.72. The van der Waals surface area contributed by atoms with Crippen LogP contribution in [0.3, 0.4) is 0 Å². The van der Waals surface area contributed by atoms with Gasteiger partial charge in [0, 0.05) is 5.56 Å². The van der Waals surface area contributed by atoms with Gasteiger partial charge in [-0.05, 0) is 0 Å². The van der Waals surface area contributed by atoms with Crippen molar-refractivity contribution in [1.82, 2.24) is 14.8 Å². The number of nitrogens with two attached hydrogens (primary N) is 1. The van der Waals surface area contributed by atoms with E-state index in [1.807, 2.05) is 30.3 Å². The third-order valence-corrected chi connectivity index (χ3v) is 2.08. The summed E-state index contributed by atoms with van der Waals surface area (Å²) in [5.74, 6) is 0.371. The molecule has 82 valence electrons. The summed E-state index contributed by atoms with van der Waals surface area (Å²) in [5.41, 5.74) is 6.29. The second-order valence-corrected chi connectivity index (χ2v) is 3.05. The molecule has 0 aliphatic rings. The molecule has 0 fully saturated rings. The molecule has 2 rings (SSSR count). The number of benzene rings is 1. The van der Waals surface area contributed by atoms with Gasteiger partial charge >= 0.3 is 6.09 Å². The Morgan fingerprint density at radius 3 is 2.62 bits per heavy atom. The number of ether oxygens (including phenoxy) is 1. The minimum Gasteiger partial charge on any atom is -0.452 e. The summed E-state index contributed by atoms with van der Waals surface area (Å²) in [4.78, 5) is 11.5. The summed E-state index contributed by atoms with van der Waals surface area (Å²) >= 11 is 0. The zero-order valence-electron chi connectivity index (χ0n) is 8.62. The highest BCUT2D eigenvalue weighted by molar-refractivity contribution is 5.79. The number of hydrogen-bond acceptors (Lipinski definition) is 5. The molecular formula is C10H10N4O2. The van der Waals surface area contributed by atoms with Crippen LogP contribution < -0.4 is 5.73 Å². The van der Waals surface area contributed by atoms with Crippen molar-refractivity contribution in [2.45, 2.75) is 0 Å². The lowest BCUT2D eigenvalue weighted by Crippen LogP contribution is -2.15. The first-order valence-corrected chi connectivity index (χ1v) is 4.58. The van der Waals surface area contributed by atoms with E-state index >= 15 is 0 Å². The molecule has 0 aliphatic heterocycles. The van der Waals surface area contributed by atoms with Crippen molar-refractivity contribution in [3.05, 3.63) is 30.3 Å². The van der Waals surface area contributed by atoms with Gasteiger partial charge in [-0.1, -0.05) is 30.3 Å². The van der Waals surface area contributed by atoms with Crippen LogP contribution in [0.25, 0.3) is 11.4 Å². The molecule has 1 heterocycles. The van der Waals surface area contributed by atoms with Crippen molar-refractivity contribution in [3.8, 4) is 11.4 Å². The van der Waals surface area contributed by atoms with E-state index in [2.05, 4.69) is 14.9 Å². The number of nitrogen functional groups attached to an aromatic ring is 1. The molecule has 6 nitrogen and oxygen atoms in total. The van der Waals surface area contributed by atoms with Crippen LogP contribution in [0.5, 0.6) is 0 Å². The van der Waals surface area contributed by atoms with Crippen molar-refractivity contribution >= 4 is 12.0 Å². The highest BCUT2D eigenvalue weighted by Crippen LogP contribution is 2.18. The van der Waals surface area contributed by atoms with E-state index in [4.69, 9.17) is 5.73 Å². The molecule has 16 heavy (non-hydrogen) atoms. The highest BCUT2D eigenvalue weighted by Gasteiger charge is 2.17. The number of aromatic nitrogens is 3. The Balaban J connectivity index is 2.55. The SMILES string of the molecule is COC(=O)n1c(N)nnc1-c1ccccc1. The second kappa shape index (κ2) is 4.01. The van der Waals surface area contributed by atoms with Crippen molar-refractivity contribution in [2.24, 2.45) is 0 Å². The van der Waals surface area contributed by atoms with Gasteiger partial charge < -0.3 is 10.5 Å². The quantitative estimate of drug-likeness (QED) is 0.776. The minimum atomic E-state index is -0.610. The number of carbonyl (C=O) groups excluding carboxylic acids is 1. The molecule has 0 atom stereocenters. The smallest absolute Gasteiger partial charge is 0.422 e. The third-order valence-electron chi connectivity index (χ3n) is 2.08. The van der Waals surface area contributed by atoms with Gasteiger partial charge in [0.15, 0.2) is 5.82 Å². The molecule has 0 saturated heterocycles. The summed E-state index contributed by atoms with van der Waals surface area (Å²) in [5, 5.41) is 7.49. The molecule has 1 aromatic heterocycles. The zero-order chi connectivity index (χ0) is 11.5. The predicted molar refractivity (Wildman–Crippen MR) is 57.7 cm³/mol. The Morgan fingerprint density at radius 2 is 2.00 bits per heavy atom. The molecule has 1 aromatic carbocycles. The van der Waals surface area contributed by atoms with E-state index in [0.29, 0.717) is 5.82 Å². The van der Waals surface area contributed by atoms with Gasteiger partial charge in [-0.3, -0.25) is 0 Å². The predicted octanol–water partition coefficient (Wildman–Crippen LogP) is 1.14. The maximum atomic E-state index is 11.5. The summed E-state index contributed by atoms with van der Waals surface area (Å²) in [6.45, 7) is 0. The Bertz CT molecular complexity index is 507. The molecule has 2 N–H and O–H groups in total. The Hall–Kier alpha value is -2.37. The van der Waals surface area contributed by atoms with E-state index in [0.717, 1.165) is 10.1 Å². The van der Waals surface area contributed by atoms with Gasteiger partial charge in [-0.25, -0.2) is 4.79 Å². The van der Waals surface area contributed by atoms with Crippen LogP contribution in [0.4, 0.5) is 10.7 Å². The van der Waals surface area contributed by atoms with Crippen LogP contribution >= 0.6 is 0 Å². The van der Waals surface area contributed by atoms with Crippen LogP contribution in [-0.2, 0) is 4.74 Å². The average Bonchev–Trinajstić information content (AvgIpc) is 2.71. The normalized spacial score (nSPS) is 10.1. The van der Waals surface area contributed by atoms with Gasteiger partial charge in [0.2, 0.25) is 5.95 Å². The molecule has 0 bridgehead atoms. The van der Waals surface area contributed by atoms with Crippen LogP contribution in [0.2, 0.25) is 0 Å². The lowest BCUT2D eigenvalue weighted by Gasteiger charge is -2.04. The average molecular weight is 218 g/mol. The topological polar surface area (TPSA) is 83.0 Å². The molecule has 0 radical (unpaired) electrons. The van der Waals surface area contributed by atoms with E-state index in [-0.39, 0.29) is 5.95 Å². The van der Waals surface area contributed by atoms with Crippen LogP contribution in [0.15, 0.2) is 30.3 Å². The molecular weight excluding hydrogens is 208 g/mol. The summed E-state index contributed by atoms with van der Waals surface area (Å²) in [7, 11) is 1.27. The fourth-order valence-electron chi connectivity index (χ4n) is 1.34. The van der Waals surface area contributed by atoms with Crippen LogP contribution in [-0.4, -0.2) is 28.0 Å². The number of rotatable bonds is 1. The van der Waals surface area contributed by atoms with Crippen molar-refractivity contribution < 1.29 is 9.53 Å². The van der Waals surface area contributed by atoms with Gasteiger partial charge in [0.25, 0.3) is 0 Å². The second-order valence-electron chi connectivity index (χ2n) is 3.05. The fourth-order valence-corrected chi connectivity index (χ4v) is 1.34. The van der Waals surface area contributed by atoms with Gasteiger partial charge in [-0.2, -0.15) is 4.57 Å². The molecule has 0 aliphatic carbocycles. The van der Waals surface area contributed by atoms with E-state index in [1.165, 1.54) is 7.11 Å². The van der Waals surface area contributed by atoms with Crippen molar-refractivity contribution in [1.29, 1.82) is 0 Å². The maximum Gasteiger partial charge on any atom is 0.422 e. The monoisotopic (exact) mass is 218 g/mol. The van der Waals surface area contributed by atoms with Gasteiger partial charge in [-0.15, -0.1) is 10.2 Å². The first-order chi connectivity index (χ1) is 7.74. The molecule has 0 saturated carbocycles. The summed E-state index contributed by atoms with van der Waals surface area (Å²) in [6.07, 6.45) is -0.610. The number of hydrogen-bond donors (Lipinski definition) is 1. The van der Waals surface area contributed by atoms with Crippen molar-refractivity contribution in [3.63, 3.8) is 0 Å². The van der Waals surface area contributed by atoms with Gasteiger partial charge in [0.1, 0.15) is 0 Å². The Labute approximate surface area is 91.7 Å². The summed E-state index contributed by atoms with van der Waals surface area (Å²) in [6, 6.07) is 9.15. The standard InChI is InChI=1S/C10H10N4O2/c1-16-10(15)14-8(12-13-9(14)11)7-5-3-2-4-6-7/h2-6H,1H3,(H2,11,13). The largest absolute Gasteiger partial charge is 0.452 e. The molecule has 0 amide bonds. The first kappa shape index (κ1) is 10.2. The number of carbonyl (C=O) groups is 1. The zero-order valence-corrected chi connectivity index (χ0v) is 8.62. The number of methoxy groups -OCH3 is 1. The van der Waals surface area contributed by atoms with Crippen LogP contribution in [0.1, 0.15) is 0 Å². The molecule has 2 aromatic rings. The van der Waals surface area contributed by atoms with E-state index < -0.39 is 6.09 Å². The first-order valence-electron chi connectivity index (χ1n) is 4.58.